The van der Waals surface area contributed by atoms with Crippen molar-refractivity contribution in [2.75, 3.05) is 31.1 Å². The zero-order chi connectivity index (χ0) is 15.4. The summed E-state index contributed by atoms with van der Waals surface area (Å²) >= 11 is 6.03. The van der Waals surface area contributed by atoms with Gasteiger partial charge in [-0.2, -0.15) is 5.26 Å². The molecule has 0 N–H and O–H groups in total. The third-order valence-electron chi connectivity index (χ3n) is 3.87. The molecule has 5 heteroatoms. The Morgan fingerprint density at radius 3 is 2.68 bits per heavy atom. The monoisotopic (exact) mass is 312 g/mol. The Morgan fingerprint density at radius 1 is 1.14 bits per heavy atom. The Balaban J connectivity index is 1.62. The van der Waals surface area contributed by atoms with Crippen LogP contribution in [-0.4, -0.2) is 36.1 Å². The van der Waals surface area contributed by atoms with Gasteiger partial charge < -0.3 is 4.90 Å². The smallest absolute Gasteiger partial charge is 0.146 e. The fourth-order valence-electron chi connectivity index (χ4n) is 2.75. The van der Waals surface area contributed by atoms with Gasteiger partial charge in [0.25, 0.3) is 0 Å². The number of piperazine rings is 1. The molecule has 0 unspecified atom stereocenters. The number of aromatic nitrogens is 1. The molecule has 1 fully saturated rings. The Morgan fingerprint density at radius 2 is 1.95 bits per heavy atom. The molecule has 2 aromatic rings. The lowest BCUT2D eigenvalue weighted by atomic mass is 10.2. The molecule has 1 aromatic heterocycles. The van der Waals surface area contributed by atoms with Crippen LogP contribution >= 0.6 is 11.6 Å². The predicted octanol–water partition coefficient (Wildman–Crippen LogP) is 2.93. The summed E-state index contributed by atoms with van der Waals surface area (Å²) in [7, 11) is 0. The van der Waals surface area contributed by atoms with Crippen molar-refractivity contribution in [3.8, 4) is 6.07 Å². The lowest BCUT2D eigenvalue weighted by molar-refractivity contribution is 0.249. The maximum atomic E-state index is 9.18. The minimum absolute atomic E-state index is 0.644. The first-order chi connectivity index (χ1) is 10.8. The highest BCUT2D eigenvalue weighted by Gasteiger charge is 2.20. The van der Waals surface area contributed by atoms with Crippen LogP contribution in [0.3, 0.4) is 0 Å². The van der Waals surface area contributed by atoms with Gasteiger partial charge in [-0.25, -0.2) is 4.98 Å². The largest absolute Gasteiger partial charge is 0.353 e. The van der Waals surface area contributed by atoms with Crippen molar-refractivity contribution in [3.63, 3.8) is 0 Å². The van der Waals surface area contributed by atoms with Gasteiger partial charge in [0, 0.05) is 43.9 Å². The molecule has 22 heavy (non-hydrogen) atoms. The van der Waals surface area contributed by atoms with Gasteiger partial charge in [-0.3, -0.25) is 4.90 Å². The molecule has 0 amide bonds. The van der Waals surface area contributed by atoms with Crippen molar-refractivity contribution in [3.05, 3.63) is 58.7 Å². The molecule has 4 nitrogen and oxygen atoms in total. The van der Waals surface area contributed by atoms with E-state index in [2.05, 4.69) is 26.9 Å². The lowest BCUT2D eigenvalue weighted by Gasteiger charge is -2.35. The summed E-state index contributed by atoms with van der Waals surface area (Å²) in [6.07, 6.45) is 1.74. The van der Waals surface area contributed by atoms with Crippen LogP contribution in [-0.2, 0) is 6.54 Å². The molecule has 1 aliphatic rings. The van der Waals surface area contributed by atoms with Crippen LogP contribution in [0.25, 0.3) is 0 Å². The Kier molecular flexibility index (Phi) is 4.57. The maximum Gasteiger partial charge on any atom is 0.146 e. The second-order valence-corrected chi connectivity index (χ2v) is 5.82. The van der Waals surface area contributed by atoms with Crippen LogP contribution in [0.4, 0.5) is 5.82 Å². The third-order valence-corrected chi connectivity index (χ3v) is 4.11. The van der Waals surface area contributed by atoms with Crippen LogP contribution in [0.2, 0.25) is 5.02 Å². The van der Waals surface area contributed by atoms with Crippen molar-refractivity contribution in [2.24, 2.45) is 0 Å². The van der Waals surface area contributed by atoms with Gasteiger partial charge in [0.1, 0.15) is 11.9 Å². The normalized spacial score (nSPS) is 15.5. The van der Waals surface area contributed by atoms with Gasteiger partial charge in [-0.05, 0) is 29.8 Å². The van der Waals surface area contributed by atoms with Crippen LogP contribution in [0.15, 0.2) is 42.6 Å². The topological polar surface area (TPSA) is 43.2 Å². The second kappa shape index (κ2) is 6.78. The van der Waals surface area contributed by atoms with E-state index in [1.165, 1.54) is 5.56 Å². The molecule has 1 aliphatic heterocycles. The maximum absolute atomic E-state index is 9.18. The van der Waals surface area contributed by atoms with Gasteiger partial charge in [0.15, 0.2) is 0 Å². The van der Waals surface area contributed by atoms with E-state index in [0.29, 0.717) is 5.56 Å². The quantitative estimate of drug-likeness (QED) is 0.874. The zero-order valence-corrected chi connectivity index (χ0v) is 13.0. The Hall–Kier alpha value is -2.09. The highest BCUT2D eigenvalue weighted by molar-refractivity contribution is 6.30. The average Bonchev–Trinajstić information content (AvgIpc) is 2.56. The Bertz CT molecular complexity index is 687. The van der Waals surface area contributed by atoms with Gasteiger partial charge in [-0.15, -0.1) is 0 Å². The van der Waals surface area contributed by atoms with E-state index in [9.17, 15) is 5.26 Å². The van der Waals surface area contributed by atoms with Gasteiger partial charge >= 0.3 is 0 Å². The highest BCUT2D eigenvalue weighted by atomic mass is 35.5. The van der Waals surface area contributed by atoms with E-state index in [-0.39, 0.29) is 0 Å². The molecule has 0 atom stereocenters. The fourth-order valence-corrected chi connectivity index (χ4v) is 2.96. The average molecular weight is 313 g/mol. The lowest BCUT2D eigenvalue weighted by Crippen LogP contribution is -2.46. The second-order valence-electron chi connectivity index (χ2n) is 5.38. The minimum atomic E-state index is 0.644. The number of benzene rings is 1. The van der Waals surface area contributed by atoms with E-state index in [4.69, 9.17) is 11.6 Å². The number of anilines is 1. The van der Waals surface area contributed by atoms with Crippen molar-refractivity contribution < 1.29 is 0 Å². The molecule has 1 saturated heterocycles. The third kappa shape index (κ3) is 3.38. The molecular weight excluding hydrogens is 296 g/mol. The number of rotatable bonds is 3. The summed E-state index contributed by atoms with van der Waals surface area (Å²) in [5.74, 6) is 0.799. The van der Waals surface area contributed by atoms with Crippen LogP contribution in [0, 0.1) is 11.3 Å². The molecule has 2 heterocycles. The van der Waals surface area contributed by atoms with Gasteiger partial charge in [0.05, 0.1) is 5.56 Å². The number of halogens is 1. The van der Waals surface area contributed by atoms with Crippen molar-refractivity contribution in [1.82, 2.24) is 9.88 Å². The molecule has 112 valence electrons. The molecule has 0 spiro atoms. The summed E-state index contributed by atoms with van der Waals surface area (Å²) in [4.78, 5) is 8.95. The first-order valence-electron chi connectivity index (χ1n) is 7.33. The van der Waals surface area contributed by atoms with Crippen molar-refractivity contribution >= 4 is 17.4 Å². The molecule has 1 aromatic carbocycles. The number of nitriles is 1. The molecule has 0 bridgehead atoms. The fraction of sp³-hybridized carbons (Fsp3) is 0.294. The molecule has 0 radical (unpaired) electrons. The van der Waals surface area contributed by atoms with Gasteiger partial charge in [0.2, 0.25) is 0 Å². The first-order valence-corrected chi connectivity index (χ1v) is 7.71. The van der Waals surface area contributed by atoms with Crippen LogP contribution in [0.5, 0.6) is 0 Å². The molecule has 0 saturated carbocycles. The van der Waals surface area contributed by atoms with Crippen LogP contribution < -0.4 is 4.90 Å². The summed E-state index contributed by atoms with van der Waals surface area (Å²) in [5.41, 5.74) is 1.88. The number of nitrogens with zero attached hydrogens (tertiary/aromatic N) is 4. The van der Waals surface area contributed by atoms with Crippen molar-refractivity contribution in [2.45, 2.75) is 6.54 Å². The number of pyridine rings is 1. The minimum Gasteiger partial charge on any atom is -0.353 e. The highest BCUT2D eigenvalue weighted by Crippen LogP contribution is 2.19. The summed E-state index contributed by atoms with van der Waals surface area (Å²) in [6, 6.07) is 13.8. The summed E-state index contributed by atoms with van der Waals surface area (Å²) in [5, 5.41) is 9.96. The van der Waals surface area contributed by atoms with E-state index in [0.717, 1.165) is 43.6 Å². The molecule has 3 rings (SSSR count). The molecular formula is C17H17ClN4. The summed E-state index contributed by atoms with van der Waals surface area (Å²) < 4.78 is 0. The van der Waals surface area contributed by atoms with Crippen molar-refractivity contribution in [1.29, 1.82) is 5.26 Å². The predicted molar refractivity (Wildman–Crippen MR) is 87.9 cm³/mol. The first kappa shape index (κ1) is 14.8. The van der Waals surface area contributed by atoms with E-state index < -0.39 is 0 Å². The Labute approximate surface area is 135 Å². The summed E-state index contributed by atoms with van der Waals surface area (Å²) in [6.45, 7) is 4.57. The zero-order valence-electron chi connectivity index (χ0n) is 12.2. The SMILES string of the molecule is N#Cc1cccnc1N1CCN(Cc2cccc(Cl)c2)CC1. The molecule has 0 aliphatic carbocycles. The number of hydrogen-bond donors (Lipinski definition) is 0. The van der Waals surface area contributed by atoms with E-state index in [1.807, 2.05) is 24.3 Å². The van der Waals surface area contributed by atoms with E-state index in [1.54, 1.807) is 12.3 Å². The number of hydrogen-bond acceptors (Lipinski definition) is 4. The van der Waals surface area contributed by atoms with E-state index >= 15 is 0 Å². The standard InChI is InChI=1S/C17H17ClN4/c18-16-5-1-3-14(11-16)13-21-7-9-22(10-8-21)17-15(12-19)4-2-6-20-17/h1-6,11H,7-10,13H2. The van der Waals surface area contributed by atoms with Gasteiger partial charge in [-0.1, -0.05) is 23.7 Å². The van der Waals surface area contributed by atoms with Crippen LogP contribution in [0.1, 0.15) is 11.1 Å².